The van der Waals surface area contributed by atoms with E-state index in [1.165, 1.54) is 30.0 Å². The molecule has 5 heterocycles. The van der Waals surface area contributed by atoms with Gasteiger partial charge in [-0.2, -0.15) is 0 Å². The van der Waals surface area contributed by atoms with Gasteiger partial charge in [0.05, 0.1) is 21.6 Å². The van der Waals surface area contributed by atoms with Crippen LogP contribution < -0.4 is 19.7 Å². The Balaban J connectivity index is 0.993. The second-order valence-corrected chi connectivity index (χ2v) is 18.5. The van der Waals surface area contributed by atoms with Crippen LogP contribution in [0.3, 0.4) is 0 Å². The molecule has 0 spiro atoms. The molecule has 2 aromatic heterocycles. The van der Waals surface area contributed by atoms with Crippen molar-refractivity contribution in [2.24, 2.45) is 11.8 Å². The summed E-state index contributed by atoms with van der Waals surface area (Å²) in [6, 6.07) is 18.0. The van der Waals surface area contributed by atoms with Crippen LogP contribution in [0.4, 0.5) is 17.1 Å². The van der Waals surface area contributed by atoms with Gasteiger partial charge in [-0.05, 0) is 84.8 Å². The number of nitrogens with one attached hydrogen (secondary N) is 3. The van der Waals surface area contributed by atoms with E-state index in [0.29, 0.717) is 75.4 Å². The normalized spacial score (nSPS) is 17.5. The minimum absolute atomic E-state index is 0.00748. The second-order valence-electron chi connectivity index (χ2n) is 16.4. The van der Waals surface area contributed by atoms with Crippen molar-refractivity contribution in [2.45, 2.75) is 50.6 Å². The van der Waals surface area contributed by atoms with Crippen LogP contribution in [-0.4, -0.2) is 103 Å². The van der Waals surface area contributed by atoms with E-state index in [1.54, 1.807) is 24.4 Å². The Hall–Kier alpha value is -5.75. The molecule has 3 aromatic carbocycles. The van der Waals surface area contributed by atoms with Gasteiger partial charge in [0, 0.05) is 105 Å². The zero-order chi connectivity index (χ0) is 43.5. The summed E-state index contributed by atoms with van der Waals surface area (Å²) in [5, 5.41) is 16.6. The van der Waals surface area contributed by atoms with E-state index in [9.17, 15) is 28.1 Å². The van der Waals surface area contributed by atoms with Gasteiger partial charge in [-0.25, -0.2) is 18.1 Å². The maximum atomic E-state index is 13.9. The molecule has 1 atom stereocenters. The number of fused-ring (bicyclic) bond motifs is 2. The Morgan fingerprint density at radius 3 is 2.56 bits per heavy atom. The van der Waals surface area contributed by atoms with Crippen molar-refractivity contribution in [3.8, 4) is 11.5 Å². The standard InChI is InChI=1S/C44H49ClN8O8S/c1-28(2)44(55)52-26-32-19-33(45)4-3-30(32)20-35(52)27-50-13-15-51(16-14-50)34-5-7-38(41(22-34)61-36-21-31-9-12-46-42(31)48-25-36)43(54)49-62(58,59)37-6-8-39(40(23-37)53(56)57)47-24-29-10-17-60-18-11-29/h3-9,12,19,21-23,25,28-29,35,47H,10-11,13-18,20,24,26-27H2,1-2H3,(H,46,48)(H,49,54)/t35-/m0/s1. The topological polar surface area (TPSA) is 192 Å². The van der Waals surface area contributed by atoms with Gasteiger partial charge in [0.15, 0.2) is 0 Å². The van der Waals surface area contributed by atoms with Gasteiger partial charge >= 0.3 is 0 Å². The Morgan fingerprint density at radius 1 is 1.02 bits per heavy atom. The molecular formula is C44H49ClN8O8S. The molecule has 0 bridgehead atoms. The number of amides is 2. The van der Waals surface area contributed by atoms with Gasteiger partial charge in [0.2, 0.25) is 5.91 Å². The molecule has 3 aliphatic rings. The van der Waals surface area contributed by atoms with E-state index >= 15 is 0 Å². The first-order chi connectivity index (χ1) is 29.8. The van der Waals surface area contributed by atoms with Crippen molar-refractivity contribution in [2.75, 3.05) is 62.7 Å². The van der Waals surface area contributed by atoms with Gasteiger partial charge in [0.1, 0.15) is 22.8 Å². The molecule has 0 unspecified atom stereocenters. The number of pyridine rings is 1. The second kappa shape index (κ2) is 18.3. The van der Waals surface area contributed by atoms with Crippen LogP contribution in [0.1, 0.15) is 48.2 Å². The largest absolute Gasteiger partial charge is 0.455 e. The van der Waals surface area contributed by atoms with Crippen molar-refractivity contribution in [1.29, 1.82) is 0 Å². The van der Waals surface area contributed by atoms with E-state index in [-0.39, 0.29) is 40.8 Å². The number of rotatable bonds is 13. The van der Waals surface area contributed by atoms with E-state index in [1.807, 2.05) is 36.9 Å². The average Bonchev–Trinajstić information content (AvgIpc) is 3.74. The minimum Gasteiger partial charge on any atom is -0.455 e. The molecule has 5 aromatic rings. The molecule has 3 aliphatic heterocycles. The Labute approximate surface area is 364 Å². The van der Waals surface area contributed by atoms with E-state index in [0.717, 1.165) is 42.0 Å². The van der Waals surface area contributed by atoms with Gasteiger partial charge in [-0.15, -0.1) is 0 Å². The summed E-state index contributed by atoms with van der Waals surface area (Å²) in [7, 11) is -4.58. The average molecular weight is 885 g/mol. The summed E-state index contributed by atoms with van der Waals surface area (Å²) >= 11 is 6.31. The Bertz CT molecular complexity index is 2590. The highest BCUT2D eigenvalue weighted by atomic mass is 35.5. The maximum absolute atomic E-state index is 13.9. The van der Waals surface area contributed by atoms with Gasteiger partial charge in [0.25, 0.3) is 21.6 Å². The highest BCUT2D eigenvalue weighted by Gasteiger charge is 2.34. The van der Waals surface area contributed by atoms with Crippen molar-refractivity contribution in [3.05, 3.63) is 111 Å². The third kappa shape index (κ3) is 9.65. The number of halogens is 1. The third-order valence-corrected chi connectivity index (χ3v) is 13.4. The van der Waals surface area contributed by atoms with Crippen LogP contribution in [0, 0.1) is 22.0 Å². The number of nitrogens with zero attached hydrogens (tertiary/aromatic N) is 5. The molecule has 0 radical (unpaired) electrons. The number of aromatic nitrogens is 2. The minimum atomic E-state index is -4.58. The molecule has 2 amide bonds. The predicted molar refractivity (Wildman–Crippen MR) is 235 cm³/mol. The summed E-state index contributed by atoms with van der Waals surface area (Å²) in [6.45, 7) is 9.51. The Morgan fingerprint density at radius 2 is 1.81 bits per heavy atom. The fourth-order valence-electron chi connectivity index (χ4n) is 8.36. The monoisotopic (exact) mass is 884 g/mol. The summed E-state index contributed by atoms with van der Waals surface area (Å²) < 4.78 is 41.1. The fraction of sp³-hybridized carbons (Fsp3) is 0.386. The fourth-order valence-corrected chi connectivity index (χ4v) is 9.54. The van der Waals surface area contributed by atoms with Crippen LogP contribution in [0.15, 0.2) is 84.0 Å². The molecule has 8 rings (SSSR count). The SMILES string of the molecule is CC(C)C(=O)N1Cc2cc(Cl)ccc2C[C@H]1CN1CCN(c2ccc(C(=O)NS(=O)(=O)c3ccc(NCC4CCOCC4)c([N+](=O)[O-])c3)c(Oc3cnc4[nH]ccc4c3)c2)CC1. The van der Waals surface area contributed by atoms with Crippen LogP contribution in [0.2, 0.25) is 5.02 Å². The number of hydrogen-bond donors (Lipinski definition) is 3. The third-order valence-electron chi connectivity index (χ3n) is 11.8. The van der Waals surface area contributed by atoms with Crippen LogP contribution in [0.5, 0.6) is 11.5 Å². The van der Waals surface area contributed by atoms with Gasteiger partial charge < -0.3 is 29.6 Å². The number of carbonyl (C=O) groups excluding carboxylic acids is 2. The zero-order valence-electron chi connectivity index (χ0n) is 34.5. The van der Waals surface area contributed by atoms with E-state index in [4.69, 9.17) is 21.1 Å². The molecule has 326 valence electrons. The van der Waals surface area contributed by atoms with Crippen LogP contribution >= 0.6 is 11.6 Å². The lowest BCUT2D eigenvalue weighted by molar-refractivity contribution is -0.384. The van der Waals surface area contributed by atoms with E-state index in [2.05, 4.69) is 35.9 Å². The predicted octanol–water partition coefficient (Wildman–Crippen LogP) is 6.61. The van der Waals surface area contributed by atoms with Crippen LogP contribution in [-0.2, 0) is 32.5 Å². The number of sulfonamides is 1. The number of anilines is 2. The van der Waals surface area contributed by atoms with Crippen molar-refractivity contribution >= 4 is 61.5 Å². The van der Waals surface area contributed by atoms with Gasteiger partial charge in [-0.3, -0.25) is 24.6 Å². The molecular weight excluding hydrogens is 836 g/mol. The summed E-state index contributed by atoms with van der Waals surface area (Å²) in [5.74, 6) is -0.320. The lowest BCUT2D eigenvalue weighted by atomic mass is 9.92. The lowest BCUT2D eigenvalue weighted by Gasteiger charge is -2.43. The molecule has 62 heavy (non-hydrogen) atoms. The summed E-state index contributed by atoms with van der Waals surface area (Å²) in [6.07, 6.45) is 5.62. The zero-order valence-corrected chi connectivity index (χ0v) is 36.1. The lowest BCUT2D eigenvalue weighted by Crippen LogP contribution is -2.55. The number of nitro groups is 1. The Kier molecular flexibility index (Phi) is 12.7. The summed E-state index contributed by atoms with van der Waals surface area (Å²) in [4.78, 5) is 52.2. The van der Waals surface area contributed by atoms with Crippen molar-refractivity contribution in [3.63, 3.8) is 0 Å². The first-order valence-corrected chi connectivity index (χ1v) is 22.6. The number of H-pyrrole nitrogens is 1. The van der Waals surface area contributed by atoms with E-state index < -0.39 is 31.4 Å². The first-order valence-electron chi connectivity index (χ1n) is 20.8. The number of ether oxygens (including phenoxy) is 2. The molecule has 18 heteroatoms. The smallest absolute Gasteiger partial charge is 0.293 e. The number of piperazine rings is 1. The number of benzene rings is 3. The number of nitro benzene ring substituents is 1. The molecule has 0 aliphatic carbocycles. The number of hydrogen-bond acceptors (Lipinski definition) is 12. The molecule has 16 nitrogen and oxygen atoms in total. The molecule has 0 saturated carbocycles. The van der Waals surface area contributed by atoms with Gasteiger partial charge in [-0.1, -0.05) is 31.5 Å². The molecule has 2 fully saturated rings. The van der Waals surface area contributed by atoms with Crippen molar-refractivity contribution in [1.82, 2.24) is 24.5 Å². The first kappa shape index (κ1) is 42.9. The maximum Gasteiger partial charge on any atom is 0.293 e. The highest BCUT2D eigenvalue weighted by Crippen LogP contribution is 2.34. The number of aromatic amines is 1. The molecule has 2 saturated heterocycles. The van der Waals surface area contributed by atoms with Crippen LogP contribution in [0.25, 0.3) is 11.0 Å². The highest BCUT2D eigenvalue weighted by molar-refractivity contribution is 7.90. The quantitative estimate of drug-likeness (QED) is 0.0849. The van der Waals surface area contributed by atoms with Crippen molar-refractivity contribution < 1.29 is 32.4 Å². The number of carbonyl (C=O) groups is 2. The summed E-state index contributed by atoms with van der Waals surface area (Å²) in [5.41, 5.74) is 3.37. The molecule has 3 N–H and O–H groups in total.